The van der Waals surface area contributed by atoms with Crippen molar-refractivity contribution in [3.8, 4) is 0 Å². The number of halogens is 2. The molecule has 1 N–H and O–H groups in total. The van der Waals surface area contributed by atoms with Gasteiger partial charge in [-0.05, 0) is 25.6 Å². The normalized spacial score (nSPS) is 11.9. The lowest BCUT2D eigenvalue weighted by atomic mass is 10.1. The molecule has 3 heteroatoms. The summed E-state index contributed by atoms with van der Waals surface area (Å²) in [6.07, 6.45) is 2.03. The van der Waals surface area contributed by atoms with E-state index in [9.17, 15) is 0 Å². The van der Waals surface area contributed by atoms with Gasteiger partial charge in [-0.25, -0.2) is 0 Å². The molecule has 0 aliphatic rings. The molecule has 0 saturated carbocycles. The lowest BCUT2D eigenvalue weighted by Gasteiger charge is -2.03. The number of benzene rings is 1. The van der Waals surface area contributed by atoms with Crippen LogP contribution >= 0.6 is 23.2 Å². The van der Waals surface area contributed by atoms with Crippen LogP contribution in [0.1, 0.15) is 12.5 Å². The number of hydrogen-bond acceptors (Lipinski definition) is 1. The highest BCUT2D eigenvalue weighted by Gasteiger charge is 2.01. The maximum Gasteiger partial charge on any atom is 0.0664 e. The Balaban J connectivity index is 2.96. The van der Waals surface area contributed by atoms with Crippen LogP contribution in [0.25, 0.3) is 6.08 Å². The van der Waals surface area contributed by atoms with Crippen LogP contribution in [0, 0.1) is 0 Å². The Morgan fingerprint density at radius 3 is 2.79 bits per heavy atom. The van der Waals surface area contributed by atoms with Crippen LogP contribution in [-0.4, -0.2) is 13.6 Å². The average Bonchev–Trinajstić information content (AvgIpc) is 2.13. The van der Waals surface area contributed by atoms with Crippen LogP contribution in [0.2, 0.25) is 10.0 Å². The zero-order valence-electron chi connectivity index (χ0n) is 8.27. The molecule has 0 fully saturated rings. The summed E-state index contributed by atoms with van der Waals surface area (Å²) in [5.74, 6) is 0. The van der Waals surface area contributed by atoms with Gasteiger partial charge in [-0.15, -0.1) is 0 Å². The molecule has 0 bridgehead atoms. The predicted molar refractivity (Wildman–Crippen MR) is 64.0 cm³/mol. The van der Waals surface area contributed by atoms with Crippen molar-refractivity contribution in [2.24, 2.45) is 0 Å². The molecule has 0 aliphatic heterocycles. The SMILES string of the molecule is CNCC(C)=Cc1cccc(Cl)c1Cl. The third kappa shape index (κ3) is 3.02. The summed E-state index contributed by atoms with van der Waals surface area (Å²) in [4.78, 5) is 0. The summed E-state index contributed by atoms with van der Waals surface area (Å²) in [6.45, 7) is 2.90. The standard InChI is InChI=1S/C11H13Cl2N/c1-8(7-14-2)6-9-4-3-5-10(12)11(9)13/h3-6,14H,7H2,1-2H3. The molecule has 0 amide bonds. The van der Waals surface area contributed by atoms with Crippen molar-refractivity contribution >= 4 is 29.3 Å². The van der Waals surface area contributed by atoms with E-state index in [0.717, 1.165) is 12.1 Å². The van der Waals surface area contributed by atoms with E-state index in [-0.39, 0.29) is 0 Å². The van der Waals surface area contributed by atoms with Crippen molar-refractivity contribution in [2.75, 3.05) is 13.6 Å². The molecule has 0 unspecified atom stereocenters. The summed E-state index contributed by atoms with van der Waals surface area (Å²) in [6, 6.07) is 5.63. The minimum absolute atomic E-state index is 0.595. The Hall–Kier alpha value is -0.500. The monoisotopic (exact) mass is 229 g/mol. The van der Waals surface area contributed by atoms with Crippen molar-refractivity contribution < 1.29 is 0 Å². The molecule has 1 aromatic rings. The largest absolute Gasteiger partial charge is 0.316 e. The number of nitrogens with one attached hydrogen (secondary N) is 1. The maximum atomic E-state index is 6.04. The third-order valence-corrected chi connectivity index (χ3v) is 2.67. The van der Waals surface area contributed by atoms with E-state index in [1.807, 2.05) is 32.2 Å². The summed E-state index contributed by atoms with van der Waals surface area (Å²) < 4.78 is 0. The molecule has 0 aromatic heterocycles. The van der Waals surface area contributed by atoms with Gasteiger partial charge in [0.15, 0.2) is 0 Å². The molecule has 76 valence electrons. The van der Waals surface area contributed by atoms with Gasteiger partial charge in [-0.3, -0.25) is 0 Å². The van der Waals surface area contributed by atoms with Crippen molar-refractivity contribution in [3.63, 3.8) is 0 Å². The zero-order valence-corrected chi connectivity index (χ0v) is 9.78. The maximum absolute atomic E-state index is 6.04. The Morgan fingerprint density at radius 2 is 2.14 bits per heavy atom. The zero-order chi connectivity index (χ0) is 10.6. The van der Waals surface area contributed by atoms with Gasteiger partial charge in [0.2, 0.25) is 0 Å². The fourth-order valence-corrected chi connectivity index (χ4v) is 1.59. The summed E-state index contributed by atoms with van der Waals surface area (Å²) in [5, 5.41) is 4.29. The second kappa shape index (κ2) is 5.40. The third-order valence-electron chi connectivity index (χ3n) is 1.84. The highest BCUT2D eigenvalue weighted by atomic mass is 35.5. The van der Waals surface area contributed by atoms with Crippen LogP contribution in [0.5, 0.6) is 0 Å². The van der Waals surface area contributed by atoms with E-state index in [1.54, 1.807) is 6.07 Å². The van der Waals surface area contributed by atoms with Gasteiger partial charge in [0, 0.05) is 6.54 Å². The fraction of sp³-hybridized carbons (Fsp3) is 0.273. The highest BCUT2D eigenvalue weighted by Crippen LogP contribution is 2.26. The van der Waals surface area contributed by atoms with Crippen molar-refractivity contribution in [2.45, 2.75) is 6.92 Å². The molecule has 1 rings (SSSR count). The molecular weight excluding hydrogens is 217 g/mol. The van der Waals surface area contributed by atoms with Gasteiger partial charge < -0.3 is 5.32 Å². The molecule has 0 spiro atoms. The predicted octanol–water partition coefficient (Wildman–Crippen LogP) is 3.62. The first kappa shape index (κ1) is 11.6. The van der Waals surface area contributed by atoms with Gasteiger partial charge in [0.1, 0.15) is 0 Å². The van der Waals surface area contributed by atoms with Gasteiger partial charge >= 0.3 is 0 Å². The molecule has 0 radical (unpaired) electrons. The highest BCUT2D eigenvalue weighted by molar-refractivity contribution is 6.42. The molecule has 1 nitrogen and oxygen atoms in total. The molecule has 1 aromatic carbocycles. The quantitative estimate of drug-likeness (QED) is 0.836. The minimum Gasteiger partial charge on any atom is -0.316 e. The Morgan fingerprint density at radius 1 is 1.43 bits per heavy atom. The van der Waals surface area contributed by atoms with Gasteiger partial charge in [-0.2, -0.15) is 0 Å². The van der Waals surface area contributed by atoms with E-state index < -0.39 is 0 Å². The Labute approximate surface area is 94.7 Å². The second-order valence-corrected chi connectivity index (χ2v) is 3.95. The van der Waals surface area contributed by atoms with Crippen LogP contribution in [-0.2, 0) is 0 Å². The van der Waals surface area contributed by atoms with Gasteiger partial charge in [0.25, 0.3) is 0 Å². The molecule has 0 aliphatic carbocycles. The summed E-state index contributed by atoms with van der Waals surface area (Å²) >= 11 is 11.9. The number of likely N-dealkylation sites (N-methyl/N-ethyl adjacent to an activating group) is 1. The minimum atomic E-state index is 0.595. The van der Waals surface area contributed by atoms with E-state index in [0.29, 0.717) is 10.0 Å². The first-order valence-electron chi connectivity index (χ1n) is 4.41. The van der Waals surface area contributed by atoms with Crippen LogP contribution in [0.4, 0.5) is 0 Å². The molecule has 14 heavy (non-hydrogen) atoms. The molecular formula is C11H13Cl2N. The van der Waals surface area contributed by atoms with Crippen molar-refractivity contribution in [1.29, 1.82) is 0 Å². The fourth-order valence-electron chi connectivity index (χ4n) is 1.23. The summed E-state index contributed by atoms with van der Waals surface area (Å²) in [7, 11) is 1.91. The van der Waals surface area contributed by atoms with E-state index in [4.69, 9.17) is 23.2 Å². The number of hydrogen-bond donors (Lipinski definition) is 1. The van der Waals surface area contributed by atoms with E-state index in [2.05, 4.69) is 5.32 Å². The van der Waals surface area contributed by atoms with E-state index >= 15 is 0 Å². The van der Waals surface area contributed by atoms with Gasteiger partial charge in [-0.1, -0.05) is 47.0 Å². The first-order valence-corrected chi connectivity index (χ1v) is 5.16. The Kier molecular flexibility index (Phi) is 4.46. The molecule has 0 atom stereocenters. The van der Waals surface area contributed by atoms with Crippen LogP contribution in [0.15, 0.2) is 23.8 Å². The average molecular weight is 230 g/mol. The lowest BCUT2D eigenvalue weighted by Crippen LogP contribution is -2.08. The Bertz CT molecular complexity index is 345. The van der Waals surface area contributed by atoms with Crippen LogP contribution < -0.4 is 5.32 Å². The molecule has 0 saturated heterocycles. The van der Waals surface area contributed by atoms with Crippen molar-refractivity contribution in [1.82, 2.24) is 5.32 Å². The smallest absolute Gasteiger partial charge is 0.0664 e. The van der Waals surface area contributed by atoms with Crippen LogP contribution in [0.3, 0.4) is 0 Å². The first-order chi connectivity index (χ1) is 6.65. The molecule has 0 heterocycles. The van der Waals surface area contributed by atoms with E-state index in [1.165, 1.54) is 5.57 Å². The lowest BCUT2D eigenvalue weighted by molar-refractivity contribution is 0.884. The summed E-state index contributed by atoms with van der Waals surface area (Å²) in [5.41, 5.74) is 2.18. The van der Waals surface area contributed by atoms with Crippen molar-refractivity contribution in [3.05, 3.63) is 39.4 Å². The number of rotatable bonds is 3. The van der Waals surface area contributed by atoms with Gasteiger partial charge in [0.05, 0.1) is 10.0 Å². The second-order valence-electron chi connectivity index (χ2n) is 3.16. The topological polar surface area (TPSA) is 12.0 Å².